The van der Waals surface area contributed by atoms with Crippen molar-refractivity contribution < 1.29 is 14.3 Å². The molecule has 6 heteroatoms. The zero-order chi connectivity index (χ0) is 14.1. The van der Waals surface area contributed by atoms with Crippen LogP contribution in [0.2, 0.25) is 5.02 Å². The maximum absolute atomic E-state index is 10.9. The smallest absolute Gasteiger partial charge is 0.337 e. The molecule has 1 heterocycles. The van der Waals surface area contributed by atoms with Gasteiger partial charge in [-0.05, 0) is 30.3 Å². The molecule has 0 aliphatic heterocycles. The average molecular weight is 289 g/mol. The van der Waals surface area contributed by atoms with E-state index in [1.54, 1.807) is 6.07 Å². The largest absolute Gasteiger partial charge is 0.478 e. The molecule has 3 rings (SSSR count). The summed E-state index contributed by atoms with van der Waals surface area (Å²) in [5.41, 5.74) is 2.06. The number of halogens is 1. The van der Waals surface area contributed by atoms with Gasteiger partial charge in [0.1, 0.15) is 5.52 Å². The zero-order valence-corrected chi connectivity index (χ0v) is 10.9. The molecule has 0 atom stereocenters. The van der Waals surface area contributed by atoms with Crippen LogP contribution in [0, 0.1) is 0 Å². The van der Waals surface area contributed by atoms with Crippen molar-refractivity contribution in [3.05, 3.63) is 53.1 Å². The summed E-state index contributed by atoms with van der Waals surface area (Å²) in [4.78, 5) is 15.1. The van der Waals surface area contributed by atoms with Crippen LogP contribution in [0.1, 0.15) is 10.4 Å². The standard InChI is InChI=1S/C14H9ClN2O3/c15-10-7-8(5-6-9(10)13(18)19)16-14-17-11-3-1-2-4-12(11)20-14/h1-7H,(H,16,17)(H,18,19). The minimum atomic E-state index is -1.07. The van der Waals surface area contributed by atoms with Crippen molar-refractivity contribution in [1.29, 1.82) is 0 Å². The van der Waals surface area contributed by atoms with Crippen molar-refractivity contribution in [1.82, 2.24) is 4.98 Å². The Morgan fingerprint density at radius 2 is 2.05 bits per heavy atom. The quantitative estimate of drug-likeness (QED) is 0.764. The lowest BCUT2D eigenvalue weighted by molar-refractivity contribution is 0.0697. The first-order chi connectivity index (χ1) is 9.63. The highest BCUT2D eigenvalue weighted by molar-refractivity contribution is 6.33. The molecular formula is C14H9ClN2O3. The van der Waals surface area contributed by atoms with E-state index in [1.165, 1.54) is 12.1 Å². The molecule has 0 aliphatic carbocycles. The van der Waals surface area contributed by atoms with E-state index in [4.69, 9.17) is 21.1 Å². The molecule has 100 valence electrons. The van der Waals surface area contributed by atoms with Gasteiger partial charge in [0.15, 0.2) is 5.58 Å². The Morgan fingerprint density at radius 3 is 2.75 bits per heavy atom. The van der Waals surface area contributed by atoms with Crippen molar-refractivity contribution in [3.63, 3.8) is 0 Å². The molecule has 0 unspecified atom stereocenters. The Balaban J connectivity index is 1.90. The van der Waals surface area contributed by atoms with Gasteiger partial charge in [-0.2, -0.15) is 4.98 Å². The summed E-state index contributed by atoms with van der Waals surface area (Å²) < 4.78 is 5.51. The van der Waals surface area contributed by atoms with Gasteiger partial charge in [-0.25, -0.2) is 4.79 Å². The number of anilines is 2. The minimum absolute atomic E-state index is 0.0507. The number of aromatic nitrogens is 1. The summed E-state index contributed by atoms with van der Waals surface area (Å²) in [5.74, 6) is -1.07. The predicted octanol–water partition coefficient (Wildman–Crippen LogP) is 3.92. The molecule has 0 spiro atoms. The Labute approximate surface area is 118 Å². The van der Waals surface area contributed by atoms with E-state index in [0.717, 1.165) is 5.52 Å². The number of oxazole rings is 1. The van der Waals surface area contributed by atoms with Crippen LogP contribution in [0.3, 0.4) is 0 Å². The Morgan fingerprint density at radius 1 is 1.25 bits per heavy atom. The van der Waals surface area contributed by atoms with Crippen molar-refractivity contribution in [2.75, 3.05) is 5.32 Å². The van der Waals surface area contributed by atoms with E-state index in [9.17, 15) is 4.79 Å². The van der Waals surface area contributed by atoms with Crippen molar-refractivity contribution in [2.24, 2.45) is 0 Å². The number of rotatable bonds is 3. The first-order valence-corrected chi connectivity index (χ1v) is 6.17. The third-order valence-electron chi connectivity index (χ3n) is 2.74. The second-order valence-corrected chi connectivity index (χ2v) is 4.52. The molecule has 0 fully saturated rings. The number of hydrogen-bond donors (Lipinski definition) is 2. The van der Waals surface area contributed by atoms with E-state index < -0.39 is 5.97 Å². The third kappa shape index (κ3) is 2.31. The van der Waals surface area contributed by atoms with Gasteiger partial charge in [0.2, 0.25) is 0 Å². The van der Waals surface area contributed by atoms with Gasteiger partial charge < -0.3 is 14.8 Å². The summed E-state index contributed by atoms with van der Waals surface area (Å²) >= 11 is 5.90. The van der Waals surface area contributed by atoms with Gasteiger partial charge in [-0.3, -0.25) is 0 Å². The summed E-state index contributed by atoms with van der Waals surface area (Å²) in [6, 6.07) is 12.2. The minimum Gasteiger partial charge on any atom is -0.478 e. The first-order valence-electron chi connectivity index (χ1n) is 5.79. The van der Waals surface area contributed by atoms with Crippen LogP contribution in [0.15, 0.2) is 46.9 Å². The molecule has 0 saturated heterocycles. The Hall–Kier alpha value is -2.53. The summed E-state index contributed by atoms with van der Waals surface area (Å²) in [7, 11) is 0. The van der Waals surface area contributed by atoms with Crippen molar-refractivity contribution in [3.8, 4) is 0 Å². The van der Waals surface area contributed by atoms with Crippen LogP contribution < -0.4 is 5.32 Å². The number of carboxylic acid groups (broad SMARTS) is 1. The third-order valence-corrected chi connectivity index (χ3v) is 3.06. The second-order valence-electron chi connectivity index (χ2n) is 4.11. The molecule has 3 aromatic rings. The SMILES string of the molecule is O=C(O)c1ccc(Nc2nc3ccccc3o2)cc1Cl. The van der Waals surface area contributed by atoms with Gasteiger partial charge in [0.25, 0.3) is 6.01 Å². The van der Waals surface area contributed by atoms with E-state index in [1.807, 2.05) is 24.3 Å². The van der Waals surface area contributed by atoms with E-state index in [0.29, 0.717) is 17.3 Å². The molecule has 0 amide bonds. The number of para-hydroxylation sites is 2. The number of benzene rings is 2. The Kier molecular flexibility index (Phi) is 3.04. The number of fused-ring (bicyclic) bond motifs is 1. The molecule has 0 bridgehead atoms. The van der Waals surface area contributed by atoms with Crippen LogP contribution in [0.4, 0.5) is 11.7 Å². The van der Waals surface area contributed by atoms with Crippen molar-refractivity contribution >= 4 is 40.4 Å². The normalized spacial score (nSPS) is 10.7. The monoisotopic (exact) mass is 288 g/mol. The van der Waals surface area contributed by atoms with Crippen LogP contribution in [-0.2, 0) is 0 Å². The molecule has 2 aromatic carbocycles. The predicted molar refractivity (Wildman–Crippen MR) is 75.7 cm³/mol. The number of carboxylic acids is 1. The van der Waals surface area contributed by atoms with Crippen LogP contribution in [-0.4, -0.2) is 16.1 Å². The number of aromatic carboxylic acids is 1. The number of nitrogens with one attached hydrogen (secondary N) is 1. The van der Waals surface area contributed by atoms with Crippen LogP contribution in [0.25, 0.3) is 11.1 Å². The second kappa shape index (κ2) is 4.86. The van der Waals surface area contributed by atoms with Crippen molar-refractivity contribution in [2.45, 2.75) is 0 Å². The molecule has 0 saturated carbocycles. The number of nitrogens with zero attached hydrogens (tertiary/aromatic N) is 1. The zero-order valence-electron chi connectivity index (χ0n) is 10.1. The first kappa shape index (κ1) is 12.5. The Bertz CT molecular complexity index is 765. The summed E-state index contributed by atoms with van der Waals surface area (Å²) in [6.07, 6.45) is 0. The molecule has 2 N–H and O–H groups in total. The average Bonchev–Trinajstić information content (AvgIpc) is 2.80. The fraction of sp³-hybridized carbons (Fsp3) is 0. The van der Waals surface area contributed by atoms with Gasteiger partial charge in [0.05, 0.1) is 10.6 Å². The molecule has 20 heavy (non-hydrogen) atoms. The fourth-order valence-corrected chi connectivity index (χ4v) is 2.08. The van der Waals surface area contributed by atoms with Gasteiger partial charge in [-0.15, -0.1) is 0 Å². The lowest BCUT2D eigenvalue weighted by Gasteiger charge is -2.04. The maximum atomic E-state index is 10.9. The van der Waals surface area contributed by atoms with Crippen LogP contribution in [0.5, 0.6) is 0 Å². The fourth-order valence-electron chi connectivity index (χ4n) is 1.82. The van der Waals surface area contributed by atoms with Gasteiger partial charge >= 0.3 is 5.97 Å². The van der Waals surface area contributed by atoms with E-state index in [-0.39, 0.29) is 10.6 Å². The highest BCUT2D eigenvalue weighted by Gasteiger charge is 2.10. The number of hydrogen-bond acceptors (Lipinski definition) is 4. The van der Waals surface area contributed by atoms with Crippen LogP contribution >= 0.6 is 11.6 Å². The lowest BCUT2D eigenvalue weighted by Crippen LogP contribution is -1.98. The summed E-state index contributed by atoms with van der Waals surface area (Å²) in [6.45, 7) is 0. The van der Waals surface area contributed by atoms with E-state index >= 15 is 0 Å². The molecule has 0 aliphatic rings. The number of carbonyl (C=O) groups is 1. The highest BCUT2D eigenvalue weighted by Crippen LogP contribution is 2.25. The molecule has 5 nitrogen and oxygen atoms in total. The lowest BCUT2D eigenvalue weighted by atomic mass is 10.2. The summed E-state index contributed by atoms with van der Waals surface area (Å²) in [5, 5.41) is 12.0. The molecule has 1 aromatic heterocycles. The topological polar surface area (TPSA) is 75.4 Å². The molecular weight excluding hydrogens is 280 g/mol. The molecule has 0 radical (unpaired) electrons. The highest BCUT2D eigenvalue weighted by atomic mass is 35.5. The maximum Gasteiger partial charge on any atom is 0.337 e. The van der Waals surface area contributed by atoms with Gasteiger partial charge in [0, 0.05) is 5.69 Å². The van der Waals surface area contributed by atoms with E-state index in [2.05, 4.69) is 10.3 Å². The van der Waals surface area contributed by atoms with Gasteiger partial charge in [-0.1, -0.05) is 23.7 Å².